The first-order valence-corrected chi connectivity index (χ1v) is 6.32. The number of hydrogen-bond acceptors (Lipinski definition) is 3. The predicted octanol–water partition coefficient (Wildman–Crippen LogP) is 3.32. The van der Waals surface area contributed by atoms with Crippen molar-refractivity contribution in [3.63, 3.8) is 0 Å². The van der Waals surface area contributed by atoms with Gasteiger partial charge in [0.2, 0.25) is 0 Å². The van der Waals surface area contributed by atoms with E-state index in [9.17, 15) is 4.39 Å². The van der Waals surface area contributed by atoms with E-state index >= 15 is 0 Å². The summed E-state index contributed by atoms with van der Waals surface area (Å²) in [6.07, 6.45) is 4.00. The Morgan fingerprint density at radius 3 is 2.79 bits per heavy atom. The summed E-state index contributed by atoms with van der Waals surface area (Å²) in [5, 5.41) is 3.29. The lowest BCUT2D eigenvalue weighted by molar-refractivity contribution is 0.409. The van der Waals surface area contributed by atoms with Crippen molar-refractivity contribution in [1.82, 2.24) is 5.32 Å². The maximum atomic E-state index is 14.1. The van der Waals surface area contributed by atoms with Crippen LogP contribution in [0.4, 0.5) is 4.39 Å². The van der Waals surface area contributed by atoms with Gasteiger partial charge >= 0.3 is 0 Å². The van der Waals surface area contributed by atoms with Crippen molar-refractivity contribution < 1.29 is 13.5 Å². The molecule has 2 aromatic rings. The number of nitrogens with one attached hydrogen (secondary N) is 1. The molecule has 1 aromatic heterocycles. The summed E-state index contributed by atoms with van der Waals surface area (Å²) in [4.78, 5) is 0. The van der Waals surface area contributed by atoms with Crippen LogP contribution in [0.25, 0.3) is 0 Å². The number of benzene rings is 1. The molecule has 1 atom stereocenters. The Bertz CT molecular complexity index is 511. The third-order valence-corrected chi connectivity index (χ3v) is 3.05. The van der Waals surface area contributed by atoms with E-state index in [1.807, 2.05) is 13.0 Å². The standard InChI is InChI=1S/C15H18FNO2/c1-3-17-15(8-11-6-7-19-10-11)13-5-4-12(18-2)9-14(13)16/h4-7,9-10,15,17H,3,8H2,1-2H3. The first kappa shape index (κ1) is 13.6. The second kappa shape index (κ2) is 6.38. The molecule has 0 amide bonds. The fraction of sp³-hybridized carbons (Fsp3) is 0.333. The molecule has 1 heterocycles. The van der Waals surface area contributed by atoms with E-state index in [1.165, 1.54) is 13.2 Å². The van der Waals surface area contributed by atoms with Crippen molar-refractivity contribution in [3.05, 3.63) is 53.7 Å². The zero-order valence-corrected chi connectivity index (χ0v) is 11.2. The average Bonchev–Trinajstić information content (AvgIpc) is 2.91. The Morgan fingerprint density at radius 2 is 2.21 bits per heavy atom. The van der Waals surface area contributed by atoms with Crippen LogP contribution in [0.15, 0.2) is 41.2 Å². The minimum atomic E-state index is -0.256. The lowest BCUT2D eigenvalue weighted by Crippen LogP contribution is -2.23. The summed E-state index contributed by atoms with van der Waals surface area (Å²) in [5.41, 5.74) is 1.69. The fourth-order valence-corrected chi connectivity index (χ4v) is 2.10. The number of rotatable bonds is 6. The molecule has 0 saturated carbocycles. The monoisotopic (exact) mass is 263 g/mol. The minimum absolute atomic E-state index is 0.0755. The number of likely N-dealkylation sites (N-methyl/N-ethyl adjacent to an activating group) is 1. The third kappa shape index (κ3) is 3.35. The van der Waals surface area contributed by atoms with Crippen molar-refractivity contribution in [3.8, 4) is 5.75 Å². The number of halogens is 1. The normalized spacial score (nSPS) is 12.4. The highest BCUT2D eigenvalue weighted by Crippen LogP contribution is 2.24. The van der Waals surface area contributed by atoms with E-state index in [0.717, 1.165) is 12.1 Å². The van der Waals surface area contributed by atoms with Crippen LogP contribution in [0.1, 0.15) is 24.1 Å². The Balaban J connectivity index is 2.23. The van der Waals surface area contributed by atoms with Crippen molar-refractivity contribution in [2.45, 2.75) is 19.4 Å². The summed E-state index contributed by atoms with van der Waals surface area (Å²) in [5.74, 6) is 0.272. The molecule has 0 bridgehead atoms. The predicted molar refractivity (Wildman–Crippen MR) is 71.8 cm³/mol. The van der Waals surface area contributed by atoms with Gasteiger partial charge < -0.3 is 14.5 Å². The largest absolute Gasteiger partial charge is 0.497 e. The maximum absolute atomic E-state index is 14.1. The van der Waals surface area contributed by atoms with Crippen LogP contribution in [0.2, 0.25) is 0 Å². The van der Waals surface area contributed by atoms with Gasteiger partial charge in [-0.3, -0.25) is 0 Å². The quantitative estimate of drug-likeness (QED) is 0.868. The first-order chi connectivity index (χ1) is 9.24. The number of ether oxygens (including phenoxy) is 1. The summed E-state index contributed by atoms with van der Waals surface area (Å²) in [7, 11) is 1.53. The van der Waals surface area contributed by atoms with Crippen LogP contribution >= 0.6 is 0 Å². The molecular weight excluding hydrogens is 245 g/mol. The van der Waals surface area contributed by atoms with Gasteiger partial charge in [0.25, 0.3) is 0 Å². The molecule has 102 valence electrons. The van der Waals surface area contributed by atoms with Crippen LogP contribution in [-0.2, 0) is 6.42 Å². The third-order valence-electron chi connectivity index (χ3n) is 3.05. The van der Waals surface area contributed by atoms with Gasteiger partial charge in [-0.15, -0.1) is 0 Å². The van der Waals surface area contributed by atoms with Gasteiger partial charge in [0.15, 0.2) is 0 Å². The van der Waals surface area contributed by atoms with Gasteiger partial charge in [-0.25, -0.2) is 4.39 Å². The van der Waals surface area contributed by atoms with Gasteiger partial charge in [0.05, 0.1) is 19.6 Å². The van der Waals surface area contributed by atoms with E-state index in [-0.39, 0.29) is 11.9 Å². The van der Waals surface area contributed by atoms with Crippen molar-refractivity contribution in [1.29, 1.82) is 0 Å². The fourth-order valence-electron chi connectivity index (χ4n) is 2.10. The van der Waals surface area contributed by atoms with E-state index in [0.29, 0.717) is 17.7 Å². The first-order valence-electron chi connectivity index (χ1n) is 6.32. The molecule has 0 saturated heterocycles. The lowest BCUT2D eigenvalue weighted by Gasteiger charge is -2.18. The van der Waals surface area contributed by atoms with E-state index in [2.05, 4.69) is 5.32 Å². The molecule has 1 unspecified atom stereocenters. The van der Waals surface area contributed by atoms with Gasteiger partial charge in [-0.2, -0.15) is 0 Å². The zero-order valence-electron chi connectivity index (χ0n) is 11.2. The number of hydrogen-bond donors (Lipinski definition) is 1. The number of methoxy groups -OCH3 is 1. The number of furan rings is 1. The SMILES string of the molecule is CCNC(Cc1ccoc1)c1ccc(OC)cc1F. The highest BCUT2D eigenvalue weighted by atomic mass is 19.1. The van der Waals surface area contributed by atoms with Crippen molar-refractivity contribution in [2.75, 3.05) is 13.7 Å². The van der Waals surface area contributed by atoms with Gasteiger partial charge in [0, 0.05) is 17.7 Å². The summed E-state index contributed by atoms with van der Waals surface area (Å²) in [6, 6.07) is 6.77. The molecule has 0 radical (unpaired) electrons. The minimum Gasteiger partial charge on any atom is -0.497 e. The van der Waals surface area contributed by atoms with Crippen molar-refractivity contribution >= 4 is 0 Å². The molecule has 0 aliphatic carbocycles. The van der Waals surface area contributed by atoms with E-state index < -0.39 is 0 Å². The van der Waals surface area contributed by atoms with Crippen LogP contribution < -0.4 is 10.1 Å². The Hall–Kier alpha value is -1.81. The molecule has 3 nitrogen and oxygen atoms in total. The van der Waals surface area contributed by atoms with Crippen LogP contribution in [0, 0.1) is 5.82 Å². The maximum Gasteiger partial charge on any atom is 0.131 e. The zero-order chi connectivity index (χ0) is 13.7. The highest BCUT2D eigenvalue weighted by Gasteiger charge is 2.16. The van der Waals surface area contributed by atoms with Crippen LogP contribution in [0.5, 0.6) is 5.75 Å². The molecule has 1 aromatic carbocycles. The molecule has 1 N–H and O–H groups in total. The topological polar surface area (TPSA) is 34.4 Å². The van der Waals surface area contributed by atoms with Crippen molar-refractivity contribution in [2.24, 2.45) is 0 Å². The second-order valence-corrected chi connectivity index (χ2v) is 4.33. The molecular formula is C15H18FNO2. The average molecular weight is 263 g/mol. The van der Waals surface area contributed by atoms with Gasteiger partial charge in [-0.05, 0) is 30.7 Å². The van der Waals surface area contributed by atoms with Gasteiger partial charge in [-0.1, -0.05) is 13.0 Å². The summed E-state index contributed by atoms with van der Waals surface area (Å²) < 4.78 is 24.2. The van der Waals surface area contributed by atoms with Crippen LogP contribution in [-0.4, -0.2) is 13.7 Å². The molecule has 2 rings (SSSR count). The highest BCUT2D eigenvalue weighted by molar-refractivity contribution is 5.31. The van der Waals surface area contributed by atoms with Crippen LogP contribution in [0.3, 0.4) is 0 Å². The van der Waals surface area contributed by atoms with Gasteiger partial charge in [0.1, 0.15) is 11.6 Å². The summed E-state index contributed by atoms with van der Waals surface area (Å²) >= 11 is 0. The van der Waals surface area contributed by atoms with E-state index in [1.54, 1.807) is 24.7 Å². The lowest BCUT2D eigenvalue weighted by atomic mass is 9.99. The molecule has 0 aliphatic heterocycles. The summed E-state index contributed by atoms with van der Waals surface area (Å²) in [6.45, 7) is 2.78. The Morgan fingerprint density at radius 1 is 1.37 bits per heavy atom. The Kier molecular flexibility index (Phi) is 4.58. The molecule has 0 spiro atoms. The van der Waals surface area contributed by atoms with E-state index in [4.69, 9.17) is 9.15 Å². The molecule has 4 heteroatoms. The Labute approximate surface area is 112 Å². The second-order valence-electron chi connectivity index (χ2n) is 4.33. The molecule has 19 heavy (non-hydrogen) atoms. The molecule has 0 aliphatic rings. The smallest absolute Gasteiger partial charge is 0.131 e. The molecule has 0 fully saturated rings.